The molecule has 0 bridgehead atoms. The Balaban J connectivity index is 1.39. The summed E-state index contributed by atoms with van der Waals surface area (Å²) in [4.78, 5) is 38.9. The number of carbonyl (C=O) groups excluding carboxylic acids is 3. The fourth-order valence-corrected chi connectivity index (χ4v) is 3.92. The summed E-state index contributed by atoms with van der Waals surface area (Å²) in [6.45, 7) is 0.881. The van der Waals surface area contributed by atoms with E-state index in [1.807, 2.05) is 0 Å². The van der Waals surface area contributed by atoms with Crippen molar-refractivity contribution in [3.05, 3.63) is 96.2 Å². The molecule has 0 unspecified atom stereocenters. The number of nitrogens with one attached hydrogen (secondary N) is 2. The molecule has 9 nitrogen and oxygen atoms in total. The number of hydrogen-bond acceptors (Lipinski definition) is 4. The number of carbonyl (C=O) groups is 3. The smallest absolute Gasteiger partial charge is 0.261 e. The Morgan fingerprint density at radius 3 is 2.46 bits per heavy atom. The highest BCUT2D eigenvalue weighted by molar-refractivity contribution is 6.06. The van der Waals surface area contributed by atoms with Crippen LogP contribution in [0.3, 0.4) is 0 Å². The van der Waals surface area contributed by atoms with Gasteiger partial charge in [-0.2, -0.15) is 5.10 Å². The Kier molecular flexibility index (Phi) is 5.84. The van der Waals surface area contributed by atoms with Gasteiger partial charge in [0.25, 0.3) is 11.8 Å². The molecule has 0 aliphatic carbocycles. The van der Waals surface area contributed by atoms with Crippen molar-refractivity contribution in [2.24, 2.45) is 0 Å². The summed E-state index contributed by atoms with van der Waals surface area (Å²) in [6, 6.07) is 16.2. The minimum Gasteiger partial charge on any atom is -0.353 e. The van der Waals surface area contributed by atoms with E-state index < -0.39 is 11.7 Å². The van der Waals surface area contributed by atoms with Crippen LogP contribution in [-0.4, -0.2) is 56.6 Å². The van der Waals surface area contributed by atoms with Crippen LogP contribution in [0.4, 0.5) is 10.1 Å². The molecule has 0 saturated carbocycles. The summed E-state index contributed by atoms with van der Waals surface area (Å²) in [5.74, 6) is -0.972. The Bertz CT molecular complexity index is 1400. The minimum atomic E-state index is -0.470. The van der Waals surface area contributed by atoms with Crippen LogP contribution in [0.5, 0.6) is 0 Å². The second-order valence-corrected chi connectivity index (χ2v) is 7.94. The first-order valence-electron chi connectivity index (χ1n) is 10.9. The van der Waals surface area contributed by atoms with Crippen molar-refractivity contribution in [3.8, 4) is 11.5 Å². The minimum absolute atomic E-state index is 0.0193. The number of para-hydroxylation sites is 1. The fourth-order valence-electron chi connectivity index (χ4n) is 3.92. The summed E-state index contributed by atoms with van der Waals surface area (Å²) in [7, 11) is 0. The topological polar surface area (TPSA) is 101 Å². The molecule has 2 N–H and O–H groups in total. The lowest BCUT2D eigenvalue weighted by Gasteiger charge is -2.26. The molecule has 1 aliphatic heterocycles. The lowest BCUT2D eigenvalue weighted by atomic mass is 10.1. The van der Waals surface area contributed by atoms with Crippen molar-refractivity contribution in [3.63, 3.8) is 0 Å². The van der Waals surface area contributed by atoms with Gasteiger partial charge in [0.05, 0.1) is 12.7 Å². The summed E-state index contributed by atoms with van der Waals surface area (Å²) in [5, 5.41) is 9.76. The monoisotopic (exact) mass is 472 g/mol. The van der Waals surface area contributed by atoms with Crippen LogP contribution in [0.15, 0.2) is 79.3 Å². The molecule has 0 atom stereocenters. The van der Waals surface area contributed by atoms with Crippen molar-refractivity contribution < 1.29 is 18.8 Å². The molecule has 3 amide bonds. The van der Waals surface area contributed by atoms with Crippen molar-refractivity contribution in [2.45, 2.75) is 0 Å². The molecule has 4 aromatic rings. The van der Waals surface area contributed by atoms with Crippen LogP contribution in [0.1, 0.15) is 20.7 Å². The Labute approximate surface area is 199 Å². The van der Waals surface area contributed by atoms with Gasteiger partial charge in [0, 0.05) is 36.7 Å². The van der Waals surface area contributed by atoms with E-state index >= 15 is 0 Å². The molecule has 0 spiro atoms. The molecular formula is C25H21FN6O3. The van der Waals surface area contributed by atoms with E-state index in [1.165, 1.54) is 21.8 Å². The number of benzene rings is 2. The quantitative estimate of drug-likeness (QED) is 0.466. The Morgan fingerprint density at radius 2 is 1.74 bits per heavy atom. The molecule has 1 fully saturated rings. The molecule has 1 aliphatic rings. The first kappa shape index (κ1) is 22.1. The first-order valence-corrected chi connectivity index (χ1v) is 10.9. The van der Waals surface area contributed by atoms with Gasteiger partial charge in [-0.25, -0.2) is 9.07 Å². The number of aromatic nitrogens is 3. The predicted octanol–water partition coefficient (Wildman–Crippen LogP) is 2.63. The standard InChI is InChI=1S/C25H21FN6O3/c26-20-5-1-2-6-21(20)32-24(30-12-3-4-13-30)19(15-28-32)23(34)29-18-9-7-17(8-10-18)25(35)31-14-11-27-22(33)16-31/h1-10,12-13,15H,11,14,16H2,(H,27,33)(H,29,34). The number of rotatable bonds is 5. The third kappa shape index (κ3) is 4.41. The van der Waals surface area contributed by atoms with Crippen molar-refractivity contribution in [1.82, 2.24) is 24.6 Å². The van der Waals surface area contributed by atoms with E-state index in [0.29, 0.717) is 30.2 Å². The predicted molar refractivity (Wildman–Crippen MR) is 126 cm³/mol. The highest BCUT2D eigenvalue weighted by Gasteiger charge is 2.23. The number of amides is 3. The Hall–Kier alpha value is -4.73. The zero-order valence-electron chi connectivity index (χ0n) is 18.5. The van der Waals surface area contributed by atoms with Gasteiger partial charge in [0.2, 0.25) is 5.91 Å². The van der Waals surface area contributed by atoms with Crippen LogP contribution >= 0.6 is 0 Å². The van der Waals surface area contributed by atoms with Gasteiger partial charge in [-0.05, 0) is 48.5 Å². The van der Waals surface area contributed by atoms with Crippen LogP contribution in [-0.2, 0) is 4.79 Å². The van der Waals surface area contributed by atoms with E-state index in [4.69, 9.17) is 0 Å². The molecule has 2 aromatic heterocycles. The molecule has 176 valence electrons. The van der Waals surface area contributed by atoms with Crippen molar-refractivity contribution >= 4 is 23.4 Å². The molecule has 5 rings (SSSR count). The van der Waals surface area contributed by atoms with Crippen LogP contribution in [0, 0.1) is 5.82 Å². The SMILES string of the molecule is O=C1CN(C(=O)c2ccc(NC(=O)c3cnn(-c4ccccc4F)c3-n3cccc3)cc2)CCN1. The van der Waals surface area contributed by atoms with Crippen LogP contribution < -0.4 is 10.6 Å². The van der Waals surface area contributed by atoms with E-state index in [1.54, 1.807) is 71.6 Å². The largest absolute Gasteiger partial charge is 0.353 e. The molecule has 3 heterocycles. The molecule has 35 heavy (non-hydrogen) atoms. The van der Waals surface area contributed by atoms with E-state index in [0.717, 1.165) is 0 Å². The molecule has 0 radical (unpaired) electrons. The number of halogens is 1. The number of nitrogens with zero attached hydrogens (tertiary/aromatic N) is 4. The van der Waals surface area contributed by atoms with Crippen molar-refractivity contribution in [2.75, 3.05) is 25.0 Å². The lowest BCUT2D eigenvalue weighted by molar-refractivity contribution is -0.123. The lowest BCUT2D eigenvalue weighted by Crippen LogP contribution is -2.49. The molecular weight excluding hydrogens is 451 g/mol. The van der Waals surface area contributed by atoms with Gasteiger partial charge < -0.3 is 20.1 Å². The third-order valence-electron chi connectivity index (χ3n) is 5.63. The van der Waals surface area contributed by atoms with Crippen LogP contribution in [0.2, 0.25) is 0 Å². The molecule has 1 saturated heterocycles. The number of anilines is 1. The van der Waals surface area contributed by atoms with Gasteiger partial charge >= 0.3 is 0 Å². The van der Waals surface area contributed by atoms with Gasteiger partial charge in [-0.3, -0.25) is 14.4 Å². The summed E-state index contributed by atoms with van der Waals surface area (Å²) < 4.78 is 17.6. The fraction of sp³-hybridized carbons (Fsp3) is 0.120. The Morgan fingerprint density at radius 1 is 1.00 bits per heavy atom. The van der Waals surface area contributed by atoms with Gasteiger partial charge in [0.15, 0.2) is 5.82 Å². The summed E-state index contributed by atoms with van der Waals surface area (Å²) >= 11 is 0. The van der Waals surface area contributed by atoms with E-state index in [9.17, 15) is 18.8 Å². The third-order valence-corrected chi connectivity index (χ3v) is 5.63. The zero-order chi connectivity index (χ0) is 24.4. The van der Waals surface area contributed by atoms with Crippen molar-refractivity contribution in [1.29, 1.82) is 0 Å². The normalized spacial score (nSPS) is 13.4. The van der Waals surface area contributed by atoms with Crippen LogP contribution in [0.25, 0.3) is 11.5 Å². The molecule has 2 aromatic carbocycles. The summed E-state index contributed by atoms with van der Waals surface area (Å²) in [6.07, 6.45) is 4.87. The van der Waals surface area contributed by atoms with E-state index in [2.05, 4.69) is 15.7 Å². The maximum absolute atomic E-state index is 14.5. The van der Waals surface area contributed by atoms with E-state index in [-0.39, 0.29) is 29.6 Å². The van der Waals surface area contributed by atoms with Gasteiger partial charge in [0.1, 0.15) is 17.1 Å². The molecule has 10 heteroatoms. The van der Waals surface area contributed by atoms with Gasteiger partial charge in [-0.1, -0.05) is 12.1 Å². The maximum Gasteiger partial charge on any atom is 0.261 e. The second kappa shape index (κ2) is 9.26. The average Bonchev–Trinajstić information content (AvgIpc) is 3.54. The first-order chi connectivity index (χ1) is 17.0. The zero-order valence-corrected chi connectivity index (χ0v) is 18.5. The van der Waals surface area contributed by atoms with Gasteiger partial charge in [-0.15, -0.1) is 0 Å². The second-order valence-electron chi connectivity index (χ2n) is 7.94. The number of hydrogen-bond donors (Lipinski definition) is 2. The summed E-state index contributed by atoms with van der Waals surface area (Å²) in [5.41, 5.74) is 1.34. The highest BCUT2D eigenvalue weighted by Crippen LogP contribution is 2.23. The maximum atomic E-state index is 14.5. The average molecular weight is 472 g/mol. The number of piperazine rings is 1. The highest BCUT2D eigenvalue weighted by atomic mass is 19.1.